The summed E-state index contributed by atoms with van der Waals surface area (Å²) >= 11 is 6.33. The van der Waals surface area contributed by atoms with Gasteiger partial charge in [0.1, 0.15) is 5.69 Å². The molecule has 0 atom stereocenters. The standard InChI is InChI=1S/C19H23ClN4O3/c1-3-24-18(17(20)13(2)21-24)19(25)23-8-6-22(7-9-23)11-14-4-5-15-16(10-14)27-12-26-15/h4-5,10H,3,6-9,11-12H2,1-2H3. The summed E-state index contributed by atoms with van der Waals surface area (Å²) in [4.78, 5) is 17.1. The molecule has 7 nitrogen and oxygen atoms in total. The molecule has 1 fully saturated rings. The number of benzene rings is 1. The van der Waals surface area contributed by atoms with E-state index >= 15 is 0 Å². The van der Waals surface area contributed by atoms with E-state index in [0.717, 1.165) is 31.1 Å². The Labute approximate surface area is 163 Å². The second-order valence-electron chi connectivity index (χ2n) is 6.82. The predicted molar refractivity (Wildman–Crippen MR) is 101 cm³/mol. The van der Waals surface area contributed by atoms with Gasteiger partial charge in [0.25, 0.3) is 5.91 Å². The van der Waals surface area contributed by atoms with Crippen LogP contribution in [0.1, 0.15) is 28.7 Å². The molecule has 0 radical (unpaired) electrons. The SMILES string of the molecule is CCn1nc(C)c(Cl)c1C(=O)N1CCN(Cc2ccc3c(c2)OCO3)CC1. The Kier molecular flexibility index (Phi) is 4.97. The zero-order valence-corrected chi connectivity index (χ0v) is 16.3. The van der Waals surface area contributed by atoms with Gasteiger partial charge in [-0.25, -0.2) is 0 Å². The maximum Gasteiger partial charge on any atom is 0.273 e. The van der Waals surface area contributed by atoms with Crippen LogP contribution in [0.2, 0.25) is 5.02 Å². The molecule has 1 aromatic heterocycles. The number of ether oxygens (including phenoxy) is 2. The first-order valence-corrected chi connectivity index (χ1v) is 9.57. The molecular formula is C19H23ClN4O3. The predicted octanol–water partition coefficient (Wildman–Crippen LogP) is 2.55. The molecule has 1 saturated heterocycles. The molecule has 1 aromatic carbocycles. The Morgan fingerprint density at radius 2 is 1.93 bits per heavy atom. The number of carbonyl (C=O) groups excluding carboxylic acids is 1. The molecule has 0 N–H and O–H groups in total. The zero-order valence-electron chi connectivity index (χ0n) is 15.6. The van der Waals surface area contributed by atoms with E-state index in [4.69, 9.17) is 21.1 Å². The van der Waals surface area contributed by atoms with Crippen LogP contribution in [0.5, 0.6) is 11.5 Å². The van der Waals surface area contributed by atoms with Gasteiger partial charge in [0.05, 0.1) is 10.7 Å². The molecular weight excluding hydrogens is 368 g/mol. The van der Waals surface area contributed by atoms with E-state index in [1.165, 1.54) is 5.56 Å². The third-order valence-corrected chi connectivity index (χ3v) is 5.51. The third-order valence-electron chi connectivity index (χ3n) is 5.06. The van der Waals surface area contributed by atoms with Gasteiger partial charge in [-0.3, -0.25) is 14.4 Å². The monoisotopic (exact) mass is 390 g/mol. The van der Waals surface area contributed by atoms with Gasteiger partial charge in [-0.2, -0.15) is 5.10 Å². The molecule has 0 saturated carbocycles. The molecule has 0 bridgehead atoms. The number of amides is 1. The average Bonchev–Trinajstić information content (AvgIpc) is 3.26. The smallest absolute Gasteiger partial charge is 0.273 e. The quantitative estimate of drug-likeness (QED) is 0.803. The van der Waals surface area contributed by atoms with Crippen LogP contribution >= 0.6 is 11.6 Å². The lowest BCUT2D eigenvalue weighted by atomic mass is 10.1. The number of piperazine rings is 1. The van der Waals surface area contributed by atoms with Gasteiger partial charge in [0.2, 0.25) is 6.79 Å². The Balaban J connectivity index is 1.38. The van der Waals surface area contributed by atoms with Crippen LogP contribution in [0, 0.1) is 6.92 Å². The second kappa shape index (κ2) is 7.40. The summed E-state index contributed by atoms with van der Waals surface area (Å²) in [6.07, 6.45) is 0. The summed E-state index contributed by atoms with van der Waals surface area (Å²) in [5, 5.41) is 4.81. The van der Waals surface area contributed by atoms with Crippen molar-refractivity contribution >= 4 is 17.5 Å². The summed E-state index contributed by atoms with van der Waals surface area (Å²) in [5.41, 5.74) is 2.38. The Morgan fingerprint density at radius 3 is 2.67 bits per heavy atom. The van der Waals surface area contributed by atoms with Crippen LogP contribution in [-0.2, 0) is 13.1 Å². The second-order valence-corrected chi connectivity index (χ2v) is 7.20. The molecule has 2 aliphatic rings. The van der Waals surface area contributed by atoms with Crippen LogP contribution in [0.15, 0.2) is 18.2 Å². The summed E-state index contributed by atoms with van der Waals surface area (Å²) in [5.74, 6) is 1.57. The van der Waals surface area contributed by atoms with Gasteiger partial charge in [-0.1, -0.05) is 17.7 Å². The molecule has 8 heteroatoms. The highest BCUT2D eigenvalue weighted by atomic mass is 35.5. The minimum Gasteiger partial charge on any atom is -0.454 e. The normalized spacial score (nSPS) is 16.8. The fourth-order valence-corrected chi connectivity index (χ4v) is 3.77. The van der Waals surface area contributed by atoms with Crippen molar-refractivity contribution in [3.8, 4) is 11.5 Å². The number of hydrogen-bond donors (Lipinski definition) is 0. The average molecular weight is 391 g/mol. The van der Waals surface area contributed by atoms with E-state index in [0.29, 0.717) is 36.0 Å². The number of aryl methyl sites for hydroxylation is 2. The molecule has 0 spiro atoms. The van der Waals surface area contributed by atoms with Crippen molar-refractivity contribution in [2.75, 3.05) is 33.0 Å². The maximum atomic E-state index is 12.9. The molecule has 27 heavy (non-hydrogen) atoms. The first-order valence-electron chi connectivity index (χ1n) is 9.20. The first-order chi connectivity index (χ1) is 13.1. The number of rotatable bonds is 4. The molecule has 144 valence electrons. The van der Waals surface area contributed by atoms with Crippen LogP contribution < -0.4 is 9.47 Å². The van der Waals surface area contributed by atoms with Gasteiger partial charge in [-0.05, 0) is 31.5 Å². The van der Waals surface area contributed by atoms with Gasteiger partial charge < -0.3 is 14.4 Å². The maximum absolute atomic E-state index is 12.9. The van der Waals surface area contributed by atoms with Crippen LogP contribution in [0.3, 0.4) is 0 Å². The van der Waals surface area contributed by atoms with Crippen molar-refractivity contribution in [1.29, 1.82) is 0 Å². The van der Waals surface area contributed by atoms with Gasteiger partial charge in [0.15, 0.2) is 11.5 Å². The lowest BCUT2D eigenvalue weighted by Crippen LogP contribution is -2.48. The third kappa shape index (κ3) is 3.49. The van der Waals surface area contributed by atoms with Crippen molar-refractivity contribution in [2.45, 2.75) is 26.9 Å². The van der Waals surface area contributed by atoms with Gasteiger partial charge >= 0.3 is 0 Å². The number of aromatic nitrogens is 2. The van der Waals surface area contributed by atoms with E-state index in [-0.39, 0.29) is 12.7 Å². The minimum atomic E-state index is -0.0369. The van der Waals surface area contributed by atoms with Gasteiger partial charge in [0, 0.05) is 39.3 Å². The number of fused-ring (bicyclic) bond motifs is 1. The minimum absolute atomic E-state index is 0.0369. The number of halogens is 1. The van der Waals surface area contributed by atoms with E-state index in [1.807, 2.05) is 30.9 Å². The molecule has 0 unspecified atom stereocenters. The summed E-state index contributed by atoms with van der Waals surface area (Å²) < 4.78 is 12.5. The zero-order chi connectivity index (χ0) is 19.0. The van der Waals surface area contributed by atoms with E-state index in [1.54, 1.807) is 4.68 Å². The molecule has 1 amide bonds. The molecule has 3 heterocycles. The molecule has 2 aromatic rings. The fourth-order valence-electron chi connectivity index (χ4n) is 3.55. The molecule has 4 rings (SSSR count). The van der Waals surface area contributed by atoms with Crippen molar-refractivity contribution in [1.82, 2.24) is 19.6 Å². The Bertz CT molecular complexity index is 859. The molecule has 2 aliphatic heterocycles. The topological polar surface area (TPSA) is 59.8 Å². The highest BCUT2D eigenvalue weighted by Crippen LogP contribution is 2.33. The van der Waals surface area contributed by atoms with Gasteiger partial charge in [-0.15, -0.1) is 0 Å². The van der Waals surface area contributed by atoms with Crippen molar-refractivity contribution in [3.05, 3.63) is 40.2 Å². The Morgan fingerprint density at radius 1 is 1.19 bits per heavy atom. The number of carbonyl (C=O) groups is 1. The highest BCUT2D eigenvalue weighted by molar-refractivity contribution is 6.34. The number of nitrogens with zero attached hydrogens (tertiary/aromatic N) is 4. The first kappa shape index (κ1) is 18.1. The number of hydrogen-bond acceptors (Lipinski definition) is 5. The van der Waals surface area contributed by atoms with E-state index in [2.05, 4.69) is 16.1 Å². The van der Waals surface area contributed by atoms with Crippen LogP contribution in [0.25, 0.3) is 0 Å². The Hall–Kier alpha value is -2.25. The van der Waals surface area contributed by atoms with Crippen molar-refractivity contribution in [2.24, 2.45) is 0 Å². The molecule has 0 aliphatic carbocycles. The van der Waals surface area contributed by atoms with Crippen molar-refractivity contribution in [3.63, 3.8) is 0 Å². The van der Waals surface area contributed by atoms with Crippen LogP contribution in [-0.4, -0.2) is 58.5 Å². The lowest BCUT2D eigenvalue weighted by Gasteiger charge is -2.34. The summed E-state index contributed by atoms with van der Waals surface area (Å²) in [7, 11) is 0. The van der Waals surface area contributed by atoms with E-state index in [9.17, 15) is 4.79 Å². The van der Waals surface area contributed by atoms with Crippen LogP contribution in [0.4, 0.5) is 0 Å². The largest absolute Gasteiger partial charge is 0.454 e. The fraction of sp³-hybridized carbons (Fsp3) is 0.474. The highest BCUT2D eigenvalue weighted by Gasteiger charge is 2.28. The summed E-state index contributed by atoms with van der Waals surface area (Å²) in [6.45, 7) is 8.51. The summed E-state index contributed by atoms with van der Waals surface area (Å²) in [6, 6.07) is 6.04. The lowest BCUT2D eigenvalue weighted by molar-refractivity contribution is 0.0616. The van der Waals surface area contributed by atoms with E-state index < -0.39 is 0 Å². The van der Waals surface area contributed by atoms with Crippen molar-refractivity contribution < 1.29 is 14.3 Å².